The summed E-state index contributed by atoms with van der Waals surface area (Å²) in [5.74, 6) is -1.49. The molecule has 0 spiro atoms. The number of benzene rings is 2. The molecule has 146 valence electrons. The van der Waals surface area contributed by atoms with Crippen LogP contribution in [0.15, 0.2) is 60.7 Å². The maximum absolute atomic E-state index is 12.7. The first-order chi connectivity index (χ1) is 13.6. The van der Waals surface area contributed by atoms with Crippen LogP contribution < -0.4 is 0 Å². The minimum absolute atomic E-state index is 0.292. The van der Waals surface area contributed by atoms with Gasteiger partial charge in [-0.25, -0.2) is 0 Å². The smallest absolute Gasteiger partial charge is 0.307 e. The quantitative estimate of drug-likeness (QED) is 0.417. The van der Waals surface area contributed by atoms with Crippen molar-refractivity contribution in [3.05, 3.63) is 71.8 Å². The van der Waals surface area contributed by atoms with Crippen molar-refractivity contribution < 1.29 is 19.1 Å². The van der Waals surface area contributed by atoms with Crippen molar-refractivity contribution in [1.82, 2.24) is 4.90 Å². The van der Waals surface area contributed by atoms with Crippen molar-refractivity contribution in [2.45, 2.75) is 44.8 Å². The lowest BCUT2D eigenvalue weighted by molar-refractivity contribution is -0.167. The number of nitrogens with zero attached hydrogens (tertiary/aromatic N) is 1. The molecule has 1 heterocycles. The van der Waals surface area contributed by atoms with Crippen molar-refractivity contribution in [3.63, 3.8) is 0 Å². The third-order valence-corrected chi connectivity index (χ3v) is 4.90. The summed E-state index contributed by atoms with van der Waals surface area (Å²) in [7, 11) is 0. The molecule has 0 saturated carbocycles. The van der Waals surface area contributed by atoms with Gasteiger partial charge in [0.15, 0.2) is 6.23 Å². The molecule has 1 amide bonds. The Balaban J connectivity index is 1.54. The van der Waals surface area contributed by atoms with Crippen LogP contribution in [0.2, 0.25) is 0 Å². The molecule has 5 heteroatoms. The number of hydrogen-bond acceptors (Lipinski definition) is 4. The summed E-state index contributed by atoms with van der Waals surface area (Å²) in [4.78, 5) is 38.8. The van der Waals surface area contributed by atoms with E-state index in [1.54, 1.807) is 30.3 Å². The van der Waals surface area contributed by atoms with Gasteiger partial charge in [0.2, 0.25) is 5.78 Å². The molecule has 0 aromatic heterocycles. The van der Waals surface area contributed by atoms with Gasteiger partial charge < -0.3 is 4.74 Å². The second kappa shape index (κ2) is 9.83. The Bertz CT molecular complexity index is 804. The summed E-state index contributed by atoms with van der Waals surface area (Å²) in [6.07, 6.45) is 3.36. The molecule has 1 saturated heterocycles. The van der Waals surface area contributed by atoms with Gasteiger partial charge in [-0.2, -0.15) is 0 Å². The van der Waals surface area contributed by atoms with Crippen molar-refractivity contribution in [3.8, 4) is 0 Å². The number of Topliss-reactive ketones (excluding diaryl/α,β-unsaturated/α-hetero) is 1. The van der Waals surface area contributed by atoms with Crippen molar-refractivity contribution in [2.24, 2.45) is 0 Å². The number of ether oxygens (including phenoxy) is 1. The zero-order chi connectivity index (χ0) is 19.8. The van der Waals surface area contributed by atoms with Gasteiger partial charge in [-0.05, 0) is 31.2 Å². The predicted octanol–water partition coefficient (Wildman–Crippen LogP) is 3.77. The van der Waals surface area contributed by atoms with E-state index in [0.29, 0.717) is 31.4 Å². The molecule has 1 aliphatic heterocycles. The minimum atomic E-state index is -0.655. The largest absolute Gasteiger partial charge is 0.441 e. The molecule has 1 aliphatic rings. The lowest BCUT2D eigenvalue weighted by atomic mass is 10.1. The lowest BCUT2D eigenvalue weighted by Crippen LogP contribution is -2.48. The first kappa shape index (κ1) is 19.8. The molecular weight excluding hydrogens is 354 g/mol. The van der Waals surface area contributed by atoms with E-state index in [2.05, 4.69) is 0 Å². The fourth-order valence-electron chi connectivity index (χ4n) is 3.39. The van der Waals surface area contributed by atoms with Crippen LogP contribution in [0, 0.1) is 0 Å². The molecule has 3 rings (SSSR count). The van der Waals surface area contributed by atoms with E-state index in [4.69, 9.17) is 4.74 Å². The summed E-state index contributed by atoms with van der Waals surface area (Å²) >= 11 is 0. The number of hydrogen-bond donors (Lipinski definition) is 0. The van der Waals surface area contributed by atoms with Crippen LogP contribution in [-0.4, -0.2) is 35.3 Å². The highest BCUT2D eigenvalue weighted by Gasteiger charge is 2.33. The highest BCUT2D eigenvalue weighted by molar-refractivity contribution is 6.42. The van der Waals surface area contributed by atoms with Crippen LogP contribution in [0.5, 0.6) is 0 Å². The van der Waals surface area contributed by atoms with Crippen molar-refractivity contribution in [1.29, 1.82) is 0 Å². The van der Waals surface area contributed by atoms with Gasteiger partial charge in [0.05, 0.1) is 0 Å². The summed E-state index contributed by atoms with van der Waals surface area (Å²) in [6.45, 7) is 0.430. The maximum Gasteiger partial charge on any atom is 0.307 e. The van der Waals surface area contributed by atoms with Crippen molar-refractivity contribution >= 4 is 17.7 Å². The molecule has 5 nitrogen and oxygen atoms in total. The van der Waals surface area contributed by atoms with E-state index in [-0.39, 0.29) is 5.97 Å². The van der Waals surface area contributed by atoms with Crippen LogP contribution in [0.1, 0.15) is 48.0 Å². The predicted molar refractivity (Wildman–Crippen MR) is 106 cm³/mol. The summed E-state index contributed by atoms with van der Waals surface area (Å²) in [5, 5.41) is 0. The zero-order valence-corrected chi connectivity index (χ0v) is 15.9. The van der Waals surface area contributed by atoms with Crippen LogP contribution in [-0.2, 0) is 20.7 Å². The average Bonchev–Trinajstić information content (AvgIpc) is 2.74. The van der Waals surface area contributed by atoms with E-state index in [0.717, 1.165) is 19.3 Å². The summed E-state index contributed by atoms with van der Waals surface area (Å²) in [5.41, 5.74) is 1.53. The molecule has 0 N–H and O–H groups in total. The van der Waals surface area contributed by atoms with Gasteiger partial charge in [0.1, 0.15) is 0 Å². The van der Waals surface area contributed by atoms with Gasteiger partial charge in [0, 0.05) is 24.9 Å². The number of rotatable bonds is 7. The van der Waals surface area contributed by atoms with Crippen molar-refractivity contribution in [2.75, 3.05) is 6.54 Å². The SMILES string of the molecule is O=C(CCCc1ccccc1)OC1CCCCN1C(=O)C(=O)c1ccccc1. The number of carbonyl (C=O) groups is 3. The number of aryl methyl sites for hydroxylation is 1. The Labute approximate surface area is 165 Å². The first-order valence-corrected chi connectivity index (χ1v) is 9.79. The van der Waals surface area contributed by atoms with E-state index >= 15 is 0 Å². The number of carbonyl (C=O) groups excluding carboxylic acids is 3. The van der Waals surface area contributed by atoms with Gasteiger partial charge in [-0.15, -0.1) is 0 Å². The molecular formula is C23H25NO4. The van der Waals surface area contributed by atoms with Gasteiger partial charge in [-0.3, -0.25) is 19.3 Å². The summed E-state index contributed by atoms with van der Waals surface area (Å²) < 4.78 is 5.56. The monoisotopic (exact) mass is 379 g/mol. The van der Waals surface area contributed by atoms with Crippen LogP contribution in [0.4, 0.5) is 0 Å². The van der Waals surface area contributed by atoms with Gasteiger partial charge in [-0.1, -0.05) is 60.7 Å². The molecule has 2 aromatic rings. The lowest BCUT2D eigenvalue weighted by Gasteiger charge is -2.34. The molecule has 0 radical (unpaired) electrons. The highest BCUT2D eigenvalue weighted by Crippen LogP contribution is 2.20. The minimum Gasteiger partial charge on any atom is -0.441 e. The fraction of sp³-hybridized carbons (Fsp3) is 0.348. The first-order valence-electron chi connectivity index (χ1n) is 9.79. The Morgan fingerprint density at radius 2 is 1.61 bits per heavy atom. The molecule has 1 fully saturated rings. The van der Waals surface area contributed by atoms with Crippen LogP contribution >= 0.6 is 0 Å². The number of ketones is 1. The number of likely N-dealkylation sites (tertiary alicyclic amines) is 1. The fourth-order valence-corrected chi connectivity index (χ4v) is 3.39. The number of esters is 1. The second-order valence-electron chi connectivity index (χ2n) is 6.97. The third kappa shape index (κ3) is 5.28. The van der Waals surface area contributed by atoms with Gasteiger partial charge in [0.25, 0.3) is 5.91 Å². The Morgan fingerprint density at radius 3 is 2.32 bits per heavy atom. The molecule has 1 unspecified atom stereocenters. The topological polar surface area (TPSA) is 63.7 Å². The Morgan fingerprint density at radius 1 is 0.929 bits per heavy atom. The Hall–Kier alpha value is -2.95. The van der Waals surface area contributed by atoms with Gasteiger partial charge >= 0.3 is 5.97 Å². The summed E-state index contributed by atoms with van der Waals surface area (Å²) in [6, 6.07) is 18.5. The normalized spacial score (nSPS) is 16.4. The van der Waals surface area contributed by atoms with E-state index in [1.165, 1.54) is 10.5 Å². The van der Waals surface area contributed by atoms with E-state index in [9.17, 15) is 14.4 Å². The molecule has 0 aliphatic carbocycles. The standard InChI is InChI=1S/C23H25NO4/c25-21(16-9-12-18-10-3-1-4-11-18)28-20-15-7-8-17-24(20)23(27)22(26)19-13-5-2-6-14-19/h1-6,10-11,13-14,20H,7-9,12,15-17H2. The Kier molecular flexibility index (Phi) is 6.95. The molecule has 2 aromatic carbocycles. The molecule has 28 heavy (non-hydrogen) atoms. The zero-order valence-electron chi connectivity index (χ0n) is 15.9. The van der Waals surface area contributed by atoms with Crippen LogP contribution in [0.25, 0.3) is 0 Å². The number of piperidine rings is 1. The maximum atomic E-state index is 12.7. The van der Waals surface area contributed by atoms with E-state index in [1.807, 2.05) is 30.3 Å². The number of amides is 1. The third-order valence-electron chi connectivity index (χ3n) is 4.90. The van der Waals surface area contributed by atoms with E-state index < -0.39 is 17.9 Å². The highest BCUT2D eigenvalue weighted by atomic mass is 16.6. The molecule has 1 atom stereocenters. The van der Waals surface area contributed by atoms with Crippen LogP contribution in [0.3, 0.4) is 0 Å². The molecule has 0 bridgehead atoms. The average molecular weight is 379 g/mol. The second-order valence-corrected chi connectivity index (χ2v) is 6.97.